The number of allylic oxidation sites excluding steroid dienone is 1. The highest BCUT2D eigenvalue weighted by Crippen LogP contribution is 2.15. The topological polar surface area (TPSA) is 48.6 Å². The number of halogens is 1. The number of oxime groups is 1. The molecule has 0 N–H and O–H groups in total. The lowest BCUT2D eigenvalue weighted by molar-refractivity contribution is 0.213. The lowest BCUT2D eigenvalue weighted by Crippen LogP contribution is -2.01. The molecule has 116 valence electrons. The highest BCUT2D eigenvalue weighted by atomic mass is 35.5. The van der Waals surface area contributed by atoms with Crippen LogP contribution in [0.1, 0.15) is 13.8 Å². The molecule has 0 aliphatic rings. The lowest BCUT2D eigenvalue weighted by atomic mass is 10.2. The molecule has 0 aliphatic carbocycles. The molecule has 6 heteroatoms. The van der Waals surface area contributed by atoms with Gasteiger partial charge in [0.2, 0.25) is 5.88 Å². The minimum atomic E-state index is 0.417. The molecular weight excluding hydrogens is 302 g/mol. The quantitative estimate of drug-likeness (QED) is 0.600. The monoisotopic (exact) mass is 319 g/mol. The van der Waals surface area contributed by atoms with Crippen LogP contribution in [0.4, 0.5) is 0 Å². The van der Waals surface area contributed by atoms with E-state index in [-0.39, 0.29) is 0 Å². The van der Waals surface area contributed by atoms with Gasteiger partial charge in [0.1, 0.15) is 13.7 Å². The van der Waals surface area contributed by atoms with E-state index < -0.39 is 0 Å². The maximum atomic E-state index is 5.87. The molecule has 2 rings (SSSR count). The Morgan fingerprint density at radius 1 is 1.27 bits per heavy atom. The SMILES string of the molecule is CO/N=C(C)/C(C)=C\COc1ccn(-c2ccc(Cl)cc2)n1. The standard InChI is InChI=1S/C16H18ClN3O2/c1-12(13(2)19-21-3)9-11-22-16-8-10-20(18-16)15-6-4-14(17)5-7-15/h4-10H,11H2,1-3H3/b12-9-,19-13+. The van der Waals surface area contributed by atoms with Gasteiger partial charge < -0.3 is 9.57 Å². The fraction of sp³-hybridized carbons (Fsp3) is 0.250. The summed E-state index contributed by atoms with van der Waals surface area (Å²) in [6, 6.07) is 9.25. The van der Waals surface area contributed by atoms with Gasteiger partial charge in [0.05, 0.1) is 11.4 Å². The van der Waals surface area contributed by atoms with Gasteiger partial charge in [-0.2, -0.15) is 0 Å². The molecule has 0 fully saturated rings. The third-order valence-corrected chi connectivity index (χ3v) is 3.33. The second-order valence-electron chi connectivity index (χ2n) is 4.63. The second kappa shape index (κ2) is 7.66. The van der Waals surface area contributed by atoms with Gasteiger partial charge in [-0.05, 0) is 49.8 Å². The molecule has 0 saturated heterocycles. The summed E-state index contributed by atoms with van der Waals surface area (Å²) >= 11 is 5.87. The molecule has 0 saturated carbocycles. The predicted octanol–water partition coefficient (Wildman–Crippen LogP) is 3.87. The average molecular weight is 320 g/mol. The summed E-state index contributed by atoms with van der Waals surface area (Å²) in [7, 11) is 1.52. The van der Waals surface area contributed by atoms with Gasteiger partial charge in [0.25, 0.3) is 0 Å². The Morgan fingerprint density at radius 3 is 2.68 bits per heavy atom. The summed E-state index contributed by atoms with van der Waals surface area (Å²) in [4.78, 5) is 4.73. The van der Waals surface area contributed by atoms with Crippen LogP contribution in [0.3, 0.4) is 0 Å². The number of aromatic nitrogens is 2. The third kappa shape index (κ3) is 4.36. The summed E-state index contributed by atoms with van der Waals surface area (Å²) in [5, 5.41) is 8.91. The van der Waals surface area contributed by atoms with Gasteiger partial charge >= 0.3 is 0 Å². The molecule has 22 heavy (non-hydrogen) atoms. The third-order valence-electron chi connectivity index (χ3n) is 3.08. The van der Waals surface area contributed by atoms with Crippen molar-refractivity contribution >= 4 is 17.3 Å². The zero-order valence-corrected chi connectivity index (χ0v) is 13.5. The highest BCUT2D eigenvalue weighted by molar-refractivity contribution is 6.30. The molecule has 0 unspecified atom stereocenters. The van der Waals surface area contributed by atoms with Crippen molar-refractivity contribution in [3.8, 4) is 11.6 Å². The average Bonchev–Trinajstić information content (AvgIpc) is 2.97. The summed E-state index contributed by atoms with van der Waals surface area (Å²) in [5.41, 5.74) is 2.74. The zero-order chi connectivity index (χ0) is 15.9. The van der Waals surface area contributed by atoms with Crippen LogP contribution in [0.25, 0.3) is 5.69 Å². The molecule has 1 heterocycles. The van der Waals surface area contributed by atoms with Crippen LogP contribution in [0.5, 0.6) is 5.88 Å². The van der Waals surface area contributed by atoms with Crippen molar-refractivity contribution in [3.05, 3.63) is 53.2 Å². The van der Waals surface area contributed by atoms with Crippen LogP contribution in [0.2, 0.25) is 5.02 Å². The van der Waals surface area contributed by atoms with E-state index in [1.165, 1.54) is 7.11 Å². The van der Waals surface area contributed by atoms with Crippen LogP contribution < -0.4 is 4.74 Å². The van der Waals surface area contributed by atoms with Gasteiger partial charge in [0, 0.05) is 17.3 Å². The minimum Gasteiger partial charge on any atom is -0.472 e. The first-order valence-corrected chi connectivity index (χ1v) is 7.17. The summed E-state index contributed by atoms with van der Waals surface area (Å²) in [6.07, 6.45) is 3.77. The Bertz CT molecular complexity index is 675. The summed E-state index contributed by atoms with van der Waals surface area (Å²) in [5.74, 6) is 0.556. The molecule has 0 amide bonds. The van der Waals surface area contributed by atoms with Crippen LogP contribution in [-0.4, -0.2) is 29.2 Å². The van der Waals surface area contributed by atoms with Gasteiger partial charge in [-0.15, -0.1) is 5.10 Å². The van der Waals surface area contributed by atoms with Crippen molar-refractivity contribution in [3.63, 3.8) is 0 Å². The smallest absolute Gasteiger partial charge is 0.233 e. The Kier molecular flexibility index (Phi) is 5.61. The molecule has 0 bridgehead atoms. The van der Waals surface area contributed by atoms with E-state index in [0.29, 0.717) is 17.5 Å². The number of hydrogen-bond acceptors (Lipinski definition) is 4. The molecule has 1 aromatic heterocycles. The molecule has 2 aromatic rings. The van der Waals surface area contributed by atoms with Crippen LogP contribution in [-0.2, 0) is 4.84 Å². The van der Waals surface area contributed by atoms with Crippen LogP contribution >= 0.6 is 11.6 Å². The van der Waals surface area contributed by atoms with Crippen molar-refractivity contribution in [2.45, 2.75) is 13.8 Å². The fourth-order valence-corrected chi connectivity index (χ4v) is 1.86. The minimum absolute atomic E-state index is 0.417. The van der Waals surface area contributed by atoms with Gasteiger partial charge in [0.15, 0.2) is 0 Å². The molecule has 1 aromatic carbocycles. The molecule has 0 aliphatic heterocycles. The summed E-state index contributed by atoms with van der Waals surface area (Å²) < 4.78 is 7.34. The van der Waals surface area contributed by atoms with Gasteiger partial charge in [-0.1, -0.05) is 16.8 Å². The first-order valence-electron chi connectivity index (χ1n) is 6.79. The highest BCUT2D eigenvalue weighted by Gasteiger charge is 2.02. The number of ether oxygens (including phenoxy) is 1. The Balaban J connectivity index is 1.97. The summed E-state index contributed by atoms with van der Waals surface area (Å²) in [6.45, 7) is 4.25. The van der Waals surface area contributed by atoms with E-state index in [1.54, 1.807) is 4.68 Å². The normalized spacial score (nSPS) is 12.4. The predicted molar refractivity (Wildman–Crippen MR) is 87.9 cm³/mol. The molecular formula is C16H18ClN3O2. The van der Waals surface area contributed by atoms with Gasteiger partial charge in [-0.25, -0.2) is 4.68 Å². The maximum absolute atomic E-state index is 5.87. The molecule has 0 spiro atoms. The Hall–Kier alpha value is -2.27. The lowest BCUT2D eigenvalue weighted by Gasteiger charge is -2.02. The Labute approximate surface area is 134 Å². The number of benzene rings is 1. The second-order valence-corrected chi connectivity index (χ2v) is 5.07. The van der Waals surface area contributed by atoms with Crippen molar-refractivity contribution in [2.75, 3.05) is 13.7 Å². The van der Waals surface area contributed by atoms with Crippen LogP contribution in [0.15, 0.2) is 53.3 Å². The number of nitrogens with zero attached hydrogens (tertiary/aromatic N) is 3. The van der Waals surface area contributed by atoms with E-state index in [4.69, 9.17) is 21.2 Å². The van der Waals surface area contributed by atoms with E-state index in [9.17, 15) is 0 Å². The molecule has 5 nitrogen and oxygen atoms in total. The van der Waals surface area contributed by atoms with E-state index in [1.807, 2.05) is 56.5 Å². The maximum Gasteiger partial charge on any atom is 0.233 e. The van der Waals surface area contributed by atoms with Gasteiger partial charge in [-0.3, -0.25) is 0 Å². The Morgan fingerprint density at radius 2 is 2.00 bits per heavy atom. The van der Waals surface area contributed by atoms with E-state index in [0.717, 1.165) is 17.0 Å². The van der Waals surface area contributed by atoms with E-state index >= 15 is 0 Å². The first-order chi connectivity index (χ1) is 10.6. The van der Waals surface area contributed by atoms with Crippen molar-refractivity contribution < 1.29 is 9.57 Å². The first kappa shape index (κ1) is 16.1. The largest absolute Gasteiger partial charge is 0.472 e. The molecule has 0 atom stereocenters. The van der Waals surface area contributed by atoms with Crippen molar-refractivity contribution in [1.82, 2.24) is 9.78 Å². The van der Waals surface area contributed by atoms with E-state index in [2.05, 4.69) is 10.3 Å². The fourth-order valence-electron chi connectivity index (χ4n) is 1.73. The zero-order valence-electron chi connectivity index (χ0n) is 12.8. The molecule has 0 radical (unpaired) electrons. The number of hydrogen-bond donors (Lipinski definition) is 0. The van der Waals surface area contributed by atoms with Crippen molar-refractivity contribution in [2.24, 2.45) is 5.16 Å². The van der Waals surface area contributed by atoms with Crippen LogP contribution in [0, 0.1) is 0 Å². The number of rotatable bonds is 6. The van der Waals surface area contributed by atoms with Crippen molar-refractivity contribution in [1.29, 1.82) is 0 Å².